The highest BCUT2D eigenvalue weighted by molar-refractivity contribution is 7.92. The molecular weight excluding hydrogens is 372 g/mol. The molecule has 0 radical (unpaired) electrons. The number of hydrogen-bond donors (Lipinski definition) is 1. The van der Waals surface area contributed by atoms with E-state index < -0.39 is 26.6 Å². The molecule has 0 fully saturated rings. The lowest BCUT2D eigenvalue weighted by atomic mass is 10.1. The van der Waals surface area contributed by atoms with Crippen LogP contribution in [-0.4, -0.2) is 26.4 Å². The SMILES string of the molecule is COC(=O)c1ccc(C)c(NS(=O)(=O)c2ccc(Cl)c([N+](=O)[O-])c2)c1. The summed E-state index contributed by atoms with van der Waals surface area (Å²) < 4.78 is 31.9. The number of nitro benzene ring substituents is 1. The van der Waals surface area contributed by atoms with E-state index in [1.165, 1.54) is 19.2 Å². The van der Waals surface area contributed by atoms with Gasteiger partial charge in [-0.3, -0.25) is 14.8 Å². The number of carbonyl (C=O) groups excluding carboxylic acids is 1. The summed E-state index contributed by atoms with van der Waals surface area (Å²) in [5.41, 5.74) is 0.345. The van der Waals surface area contributed by atoms with Crippen molar-refractivity contribution in [3.05, 3.63) is 62.7 Å². The molecule has 0 bridgehead atoms. The van der Waals surface area contributed by atoms with Crippen molar-refractivity contribution >= 4 is 39.0 Å². The van der Waals surface area contributed by atoms with Crippen molar-refractivity contribution in [3.63, 3.8) is 0 Å². The Morgan fingerprint density at radius 2 is 1.92 bits per heavy atom. The van der Waals surface area contributed by atoms with Crippen LogP contribution in [0.5, 0.6) is 0 Å². The Bertz CT molecular complexity index is 958. The molecule has 0 aliphatic heterocycles. The first kappa shape index (κ1) is 18.7. The van der Waals surface area contributed by atoms with Crippen LogP contribution in [0.2, 0.25) is 5.02 Å². The van der Waals surface area contributed by atoms with Gasteiger partial charge >= 0.3 is 5.97 Å². The van der Waals surface area contributed by atoms with Crippen molar-refractivity contribution in [1.29, 1.82) is 0 Å². The van der Waals surface area contributed by atoms with Crippen LogP contribution in [0.15, 0.2) is 41.3 Å². The Hall–Kier alpha value is -2.65. The van der Waals surface area contributed by atoms with Crippen LogP contribution in [0.3, 0.4) is 0 Å². The van der Waals surface area contributed by atoms with Crippen molar-refractivity contribution in [2.24, 2.45) is 0 Å². The highest BCUT2D eigenvalue weighted by Gasteiger charge is 2.22. The van der Waals surface area contributed by atoms with E-state index in [0.29, 0.717) is 5.56 Å². The second-order valence-corrected chi connectivity index (χ2v) is 7.09. The van der Waals surface area contributed by atoms with E-state index in [1.807, 2.05) is 0 Å². The third-order valence-electron chi connectivity index (χ3n) is 3.33. The van der Waals surface area contributed by atoms with Crippen molar-refractivity contribution in [2.45, 2.75) is 11.8 Å². The second kappa shape index (κ2) is 7.08. The monoisotopic (exact) mass is 384 g/mol. The Labute approximate surface area is 148 Å². The quantitative estimate of drug-likeness (QED) is 0.481. The highest BCUT2D eigenvalue weighted by Crippen LogP contribution is 2.28. The number of methoxy groups -OCH3 is 1. The minimum atomic E-state index is -4.12. The summed E-state index contributed by atoms with van der Waals surface area (Å²) in [7, 11) is -2.92. The fourth-order valence-corrected chi connectivity index (χ4v) is 3.31. The van der Waals surface area contributed by atoms with Crippen LogP contribution in [0.1, 0.15) is 15.9 Å². The lowest BCUT2D eigenvalue weighted by Gasteiger charge is -2.12. The van der Waals surface area contributed by atoms with Gasteiger partial charge in [-0.15, -0.1) is 0 Å². The van der Waals surface area contributed by atoms with Gasteiger partial charge in [0.1, 0.15) is 5.02 Å². The molecular formula is C15H13ClN2O6S. The van der Waals surface area contributed by atoms with Crippen molar-refractivity contribution in [2.75, 3.05) is 11.8 Å². The van der Waals surface area contributed by atoms with Crippen LogP contribution in [0.25, 0.3) is 0 Å². The Kier molecular flexibility index (Phi) is 5.29. The van der Waals surface area contributed by atoms with E-state index in [-0.39, 0.29) is 21.2 Å². The summed E-state index contributed by atoms with van der Waals surface area (Å²) in [5.74, 6) is -0.623. The zero-order valence-electron chi connectivity index (χ0n) is 13.1. The molecule has 1 N–H and O–H groups in total. The number of anilines is 1. The number of benzene rings is 2. The van der Waals surface area contributed by atoms with E-state index in [4.69, 9.17) is 11.6 Å². The summed E-state index contributed by atoms with van der Waals surface area (Å²) in [6.07, 6.45) is 0. The van der Waals surface area contributed by atoms with Crippen molar-refractivity contribution in [1.82, 2.24) is 0 Å². The summed E-state index contributed by atoms with van der Waals surface area (Å²) >= 11 is 5.69. The molecule has 0 amide bonds. The van der Waals surface area contributed by atoms with Crippen molar-refractivity contribution < 1.29 is 22.9 Å². The lowest BCUT2D eigenvalue weighted by Crippen LogP contribution is -2.15. The molecule has 0 aromatic heterocycles. The number of nitrogens with zero attached hydrogens (tertiary/aromatic N) is 1. The fourth-order valence-electron chi connectivity index (χ4n) is 1.98. The zero-order valence-corrected chi connectivity index (χ0v) is 14.7. The Balaban J connectivity index is 2.44. The summed E-state index contributed by atoms with van der Waals surface area (Å²) in [6.45, 7) is 1.64. The van der Waals surface area contributed by atoms with E-state index in [2.05, 4.69) is 9.46 Å². The molecule has 10 heteroatoms. The number of nitro groups is 1. The molecule has 0 aliphatic carbocycles. The van der Waals surface area contributed by atoms with Gasteiger partial charge in [-0.1, -0.05) is 17.7 Å². The van der Waals surface area contributed by atoms with Gasteiger partial charge < -0.3 is 4.74 Å². The predicted octanol–water partition coefficient (Wildman–Crippen LogP) is 3.14. The fraction of sp³-hybridized carbons (Fsp3) is 0.133. The second-order valence-electron chi connectivity index (χ2n) is 5.00. The lowest BCUT2D eigenvalue weighted by molar-refractivity contribution is -0.384. The number of hydrogen-bond acceptors (Lipinski definition) is 6. The minimum Gasteiger partial charge on any atom is -0.465 e. The van der Waals surface area contributed by atoms with Gasteiger partial charge in [-0.2, -0.15) is 0 Å². The standard InChI is InChI=1S/C15H13ClN2O6S/c1-9-3-4-10(15(19)24-2)7-13(9)17-25(22,23)11-5-6-12(16)14(8-11)18(20)21/h3-8,17H,1-2H3. The largest absolute Gasteiger partial charge is 0.465 e. The van der Waals surface area contributed by atoms with E-state index in [0.717, 1.165) is 18.2 Å². The summed E-state index contributed by atoms with van der Waals surface area (Å²) in [6, 6.07) is 7.51. The molecule has 132 valence electrons. The number of sulfonamides is 1. The number of carbonyl (C=O) groups is 1. The van der Waals surface area contributed by atoms with Crippen molar-refractivity contribution in [3.8, 4) is 0 Å². The predicted molar refractivity (Wildman–Crippen MR) is 91.4 cm³/mol. The molecule has 0 unspecified atom stereocenters. The molecule has 0 aliphatic rings. The van der Waals surface area contributed by atoms with E-state index >= 15 is 0 Å². The molecule has 8 nitrogen and oxygen atoms in total. The third kappa shape index (κ3) is 4.06. The zero-order chi connectivity index (χ0) is 18.8. The summed E-state index contributed by atoms with van der Waals surface area (Å²) in [4.78, 5) is 21.4. The van der Waals surface area contributed by atoms with E-state index in [9.17, 15) is 23.3 Å². The Morgan fingerprint density at radius 3 is 2.52 bits per heavy atom. The maximum Gasteiger partial charge on any atom is 0.337 e. The minimum absolute atomic E-state index is 0.153. The first-order chi connectivity index (χ1) is 11.7. The van der Waals surface area contributed by atoms with Gasteiger partial charge in [-0.25, -0.2) is 13.2 Å². The molecule has 2 aromatic carbocycles. The average molecular weight is 385 g/mol. The molecule has 0 saturated carbocycles. The van der Waals surface area contributed by atoms with Crippen LogP contribution in [0, 0.1) is 17.0 Å². The highest BCUT2D eigenvalue weighted by atomic mass is 35.5. The first-order valence-electron chi connectivity index (χ1n) is 6.81. The number of nitrogens with one attached hydrogen (secondary N) is 1. The molecule has 0 heterocycles. The molecule has 2 rings (SSSR count). The number of ether oxygens (including phenoxy) is 1. The van der Waals surface area contributed by atoms with Gasteiger partial charge in [0.2, 0.25) is 0 Å². The van der Waals surface area contributed by atoms with Gasteiger partial charge in [0, 0.05) is 6.07 Å². The van der Waals surface area contributed by atoms with Crippen LogP contribution >= 0.6 is 11.6 Å². The number of rotatable bonds is 5. The molecule has 2 aromatic rings. The van der Waals surface area contributed by atoms with Gasteiger partial charge in [0.15, 0.2) is 0 Å². The van der Waals surface area contributed by atoms with Gasteiger partial charge in [0.25, 0.3) is 15.7 Å². The maximum atomic E-state index is 12.5. The van der Waals surface area contributed by atoms with Crippen LogP contribution < -0.4 is 4.72 Å². The number of esters is 1. The van der Waals surface area contributed by atoms with Crippen LogP contribution in [0.4, 0.5) is 11.4 Å². The smallest absolute Gasteiger partial charge is 0.337 e. The average Bonchev–Trinajstić information content (AvgIpc) is 2.55. The number of halogens is 1. The normalized spacial score (nSPS) is 11.0. The molecule has 25 heavy (non-hydrogen) atoms. The topological polar surface area (TPSA) is 116 Å². The molecule has 0 spiro atoms. The van der Waals surface area contributed by atoms with Crippen LogP contribution in [-0.2, 0) is 14.8 Å². The molecule has 0 saturated heterocycles. The third-order valence-corrected chi connectivity index (χ3v) is 5.01. The Morgan fingerprint density at radius 1 is 1.24 bits per heavy atom. The molecule has 0 atom stereocenters. The first-order valence-corrected chi connectivity index (χ1v) is 8.67. The van der Waals surface area contributed by atoms with Gasteiger partial charge in [0.05, 0.1) is 28.2 Å². The van der Waals surface area contributed by atoms with Gasteiger partial charge in [-0.05, 0) is 36.8 Å². The summed E-state index contributed by atoms with van der Waals surface area (Å²) in [5, 5.41) is 10.7. The van der Waals surface area contributed by atoms with E-state index in [1.54, 1.807) is 13.0 Å². The number of aryl methyl sites for hydroxylation is 1. The maximum absolute atomic E-state index is 12.5.